The molecule has 1 fully saturated rings. The van der Waals surface area contributed by atoms with Crippen molar-refractivity contribution in [1.29, 1.82) is 0 Å². The molecule has 1 aliphatic carbocycles. The normalized spacial score (nSPS) is 18.6. The van der Waals surface area contributed by atoms with E-state index in [9.17, 15) is 9.90 Å². The van der Waals surface area contributed by atoms with Crippen LogP contribution in [0.15, 0.2) is 24.3 Å². The van der Waals surface area contributed by atoms with Gasteiger partial charge in [0, 0.05) is 5.41 Å². The van der Waals surface area contributed by atoms with Gasteiger partial charge in [-0.3, -0.25) is 0 Å². The Morgan fingerprint density at radius 1 is 1.18 bits per heavy atom. The second-order valence-corrected chi connectivity index (χ2v) is 4.66. The maximum atomic E-state index is 11.5. The van der Waals surface area contributed by atoms with Gasteiger partial charge in [-0.2, -0.15) is 0 Å². The largest absolute Gasteiger partial charge is 0.549 e. The van der Waals surface area contributed by atoms with Gasteiger partial charge in [0.1, 0.15) is 5.75 Å². The molecule has 1 saturated carbocycles. The topological polar surface area (TPSA) is 49.4 Å². The van der Waals surface area contributed by atoms with Gasteiger partial charge in [0.15, 0.2) is 0 Å². The molecule has 3 heteroatoms. The molecule has 3 nitrogen and oxygen atoms in total. The molecule has 2 rings (SSSR count). The van der Waals surface area contributed by atoms with Crippen molar-refractivity contribution in [2.24, 2.45) is 0 Å². The van der Waals surface area contributed by atoms with E-state index in [0.29, 0.717) is 12.8 Å². The molecule has 0 saturated heterocycles. The van der Waals surface area contributed by atoms with E-state index in [4.69, 9.17) is 4.74 Å². The minimum Gasteiger partial charge on any atom is -0.549 e. The molecule has 0 spiro atoms. The second kappa shape index (κ2) is 4.78. The highest BCUT2D eigenvalue weighted by atomic mass is 16.5. The van der Waals surface area contributed by atoms with Crippen LogP contribution in [0.3, 0.4) is 0 Å². The second-order valence-electron chi connectivity index (χ2n) is 4.66. The highest BCUT2D eigenvalue weighted by Crippen LogP contribution is 2.39. The van der Waals surface area contributed by atoms with Gasteiger partial charge in [0.25, 0.3) is 0 Å². The van der Waals surface area contributed by atoms with Crippen LogP contribution in [0, 0.1) is 0 Å². The third kappa shape index (κ3) is 2.14. The molecular weight excluding hydrogens is 216 g/mol. The average molecular weight is 233 g/mol. The van der Waals surface area contributed by atoms with Crippen molar-refractivity contribution < 1.29 is 14.6 Å². The van der Waals surface area contributed by atoms with Crippen LogP contribution < -0.4 is 9.84 Å². The molecule has 0 heterocycles. The lowest BCUT2D eigenvalue weighted by Gasteiger charge is -2.38. The summed E-state index contributed by atoms with van der Waals surface area (Å²) in [5.41, 5.74) is 0.0582. The fraction of sp³-hybridized carbons (Fsp3) is 0.500. The lowest BCUT2D eigenvalue weighted by Crippen LogP contribution is -2.47. The van der Waals surface area contributed by atoms with Crippen molar-refractivity contribution in [2.75, 3.05) is 7.11 Å². The number of carbonyl (C=O) groups excluding carboxylic acids is 1. The van der Waals surface area contributed by atoms with E-state index in [2.05, 4.69) is 0 Å². The molecule has 92 valence electrons. The Balaban J connectivity index is 2.34. The molecule has 1 aromatic carbocycles. The predicted molar refractivity (Wildman–Crippen MR) is 62.8 cm³/mol. The van der Waals surface area contributed by atoms with Crippen LogP contribution in [-0.2, 0) is 10.2 Å². The zero-order valence-corrected chi connectivity index (χ0v) is 10.1. The van der Waals surface area contributed by atoms with Crippen LogP contribution in [0.4, 0.5) is 0 Å². The molecule has 1 aliphatic rings. The smallest absolute Gasteiger partial charge is 0.118 e. The minimum atomic E-state index is -0.942. The Morgan fingerprint density at radius 2 is 1.76 bits per heavy atom. The fourth-order valence-electron chi connectivity index (χ4n) is 2.68. The maximum Gasteiger partial charge on any atom is 0.118 e. The molecule has 0 aromatic heterocycles. The Hall–Kier alpha value is -1.51. The zero-order valence-electron chi connectivity index (χ0n) is 10.1. The molecule has 0 atom stereocenters. The van der Waals surface area contributed by atoms with Gasteiger partial charge in [-0.05, 0) is 30.5 Å². The number of benzene rings is 1. The van der Waals surface area contributed by atoms with E-state index < -0.39 is 11.4 Å². The number of aliphatic carboxylic acids is 1. The van der Waals surface area contributed by atoms with Crippen LogP contribution in [0.25, 0.3) is 0 Å². The SMILES string of the molecule is COc1ccc(C2(C(=O)[O-])CCCCC2)cc1. The molecule has 0 unspecified atom stereocenters. The number of carbonyl (C=O) groups is 1. The van der Waals surface area contributed by atoms with Crippen LogP contribution in [0.5, 0.6) is 5.75 Å². The molecule has 0 amide bonds. The Bertz CT molecular complexity index is 388. The Labute approximate surface area is 101 Å². The van der Waals surface area contributed by atoms with Crippen molar-refractivity contribution in [3.8, 4) is 5.75 Å². The number of rotatable bonds is 3. The molecule has 0 N–H and O–H groups in total. The van der Waals surface area contributed by atoms with Crippen LogP contribution in [-0.4, -0.2) is 13.1 Å². The summed E-state index contributed by atoms with van der Waals surface area (Å²) in [4.78, 5) is 11.5. The summed E-state index contributed by atoms with van der Waals surface area (Å²) in [6, 6.07) is 7.32. The minimum absolute atomic E-state index is 0.682. The van der Waals surface area contributed by atoms with Gasteiger partial charge in [-0.25, -0.2) is 0 Å². The highest BCUT2D eigenvalue weighted by molar-refractivity contribution is 5.79. The molecule has 0 radical (unpaired) electrons. The first kappa shape index (κ1) is 12.0. The summed E-state index contributed by atoms with van der Waals surface area (Å²) in [7, 11) is 1.60. The van der Waals surface area contributed by atoms with Gasteiger partial charge in [0.05, 0.1) is 13.1 Å². The zero-order chi connectivity index (χ0) is 12.3. The van der Waals surface area contributed by atoms with Crippen molar-refractivity contribution >= 4 is 5.97 Å². The number of hydrogen-bond donors (Lipinski definition) is 0. The lowest BCUT2D eigenvalue weighted by atomic mass is 9.69. The average Bonchev–Trinajstić information content (AvgIpc) is 2.39. The summed E-state index contributed by atoms with van der Waals surface area (Å²) in [6.07, 6.45) is 4.40. The summed E-state index contributed by atoms with van der Waals surface area (Å²) in [5, 5.41) is 11.5. The number of carboxylic acids is 1. The summed E-state index contributed by atoms with van der Waals surface area (Å²) < 4.78 is 5.09. The third-order valence-electron chi connectivity index (χ3n) is 3.74. The van der Waals surface area contributed by atoms with Crippen molar-refractivity contribution in [3.05, 3.63) is 29.8 Å². The predicted octanol–water partition coefficient (Wildman–Crippen LogP) is 1.65. The van der Waals surface area contributed by atoms with Gasteiger partial charge >= 0.3 is 0 Å². The Morgan fingerprint density at radius 3 is 2.24 bits per heavy atom. The molecular formula is C14H17O3-. The van der Waals surface area contributed by atoms with Crippen LogP contribution in [0.2, 0.25) is 0 Å². The van der Waals surface area contributed by atoms with Crippen molar-refractivity contribution in [1.82, 2.24) is 0 Å². The van der Waals surface area contributed by atoms with Gasteiger partial charge in [-0.1, -0.05) is 31.4 Å². The molecule has 17 heavy (non-hydrogen) atoms. The summed E-state index contributed by atoms with van der Waals surface area (Å²) in [6.45, 7) is 0. The molecule has 1 aromatic rings. The number of hydrogen-bond acceptors (Lipinski definition) is 3. The van der Waals surface area contributed by atoms with Crippen molar-refractivity contribution in [2.45, 2.75) is 37.5 Å². The first-order chi connectivity index (χ1) is 8.19. The van der Waals surface area contributed by atoms with E-state index >= 15 is 0 Å². The van der Waals surface area contributed by atoms with Crippen LogP contribution in [0.1, 0.15) is 37.7 Å². The highest BCUT2D eigenvalue weighted by Gasteiger charge is 2.35. The third-order valence-corrected chi connectivity index (χ3v) is 3.74. The lowest BCUT2D eigenvalue weighted by molar-refractivity contribution is -0.315. The number of methoxy groups -OCH3 is 1. The summed E-state index contributed by atoms with van der Waals surface area (Å²) in [5.74, 6) is -0.194. The molecule has 0 bridgehead atoms. The molecule has 0 aliphatic heterocycles. The van der Waals surface area contributed by atoms with Gasteiger partial charge in [-0.15, -0.1) is 0 Å². The first-order valence-corrected chi connectivity index (χ1v) is 6.05. The standard InChI is InChI=1S/C14H18O3/c1-17-12-7-5-11(6-8-12)14(13(15)16)9-3-2-4-10-14/h5-8H,2-4,9-10H2,1H3,(H,15,16)/p-1. The maximum absolute atomic E-state index is 11.5. The van der Waals surface area contributed by atoms with E-state index in [1.807, 2.05) is 24.3 Å². The van der Waals surface area contributed by atoms with E-state index in [1.165, 1.54) is 0 Å². The quantitative estimate of drug-likeness (QED) is 0.797. The van der Waals surface area contributed by atoms with Gasteiger partial charge < -0.3 is 14.6 Å². The monoisotopic (exact) mass is 233 g/mol. The van der Waals surface area contributed by atoms with Crippen molar-refractivity contribution in [3.63, 3.8) is 0 Å². The Kier molecular flexibility index (Phi) is 3.36. The number of ether oxygens (including phenoxy) is 1. The van der Waals surface area contributed by atoms with Crippen LogP contribution >= 0.6 is 0 Å². The fourth-order valence-corrected chi connectivity index (χ4v) is 2.68. The summed E-state index contributed by atoms with van der Waals surface area (Å²) >= 11 is 0. The first-order valence-electron chi connectivity index (χ1n) is 6.05. The van der Waals surface area contributed by atoms with E-state index in [0.717, 1.165) is 30.6 Å². The van der Waals surface area contributed by atoms with Gasteiger partial charge in [0.2, 0.25) is 0 Å². The number of carboxylic acid groups (broad SMARTS) is 1. The van der Waals surface area contributed by atoms with E-state index in [1.54, 1.807) is 7.11 Å². The van der Waals surface area contributed by atoms with E-state index in [-0.39, 0.29) is 0 Å².